The molecule has 7 heteroatoms. The van der Waals surface area contributed by atoms with Crippen molar-refractivity contribution in [1.82, 2.24) is 4.90 Å². The first-order chi connectivity index (χ1) is 15.3. The maximum absolute atomic E-state index is 14.4. The van der Waals surface area contributed by atoms with E-state index < -0.39 is 11.4 Å². The topological polar surface area (TPSA) is 51.2 Å². The fraction of sp³-hybridized carbons (Fsp3) is 0.400. The van der Waals surface area contributed by atoms with Gasteiger partial charge in [-0.15, -0.1) is 6.42 Å². The molecule has 0 saturated carbocycles. The highest BCUT2D eigenvalue weighted by Crippen LogP contribution is 2.38. The molecule has 1 aliphatic heterocycles. The first-order valence-corrected chi connectivity index (χ1v) is 10.5. The number of urea groups is 1. The van der Waals surface area contributed by atoms with Gasteiger partial charge in [0.2, 0.25) is 0 Å². The lowest BCUT2D eigenvalue weighted by Crippen LogP contribution is -2.37. The van der Waals surface area contributed by atoms with Crippen molar-refractivity contribution in [3.8, 4) is 18.1 Å². The molecule has 170 valence electrons. The van der Waals surface area contributed by atoms with Gasteiger partial charge in [-0.3, -0.25) is 4.90 Å². The lowest BCUT2D eigenvalue weighted by atomic mass is 9.86. The van der Waals surface area contributed by atoms with Crippen LogP contribution < -0.4 is 9.64 Å². The number of carbonyl (C=O) groups excluding carboxylic acids is 1. The molecule has 0 radical (unpaired) electrons. The molecule has 0 N–H and O–H groups in total. The number of rotatable bonds is 7. The van der Waals surface area contributed by atoms with Crippen LogP contribution in [0.3, 0.4) is 0 Å². The van der Waals surface area contributed by atoms with Crippen LogP contribution in [0.15, 0.2) is 42.5 Å². The van der Waals surface area contributed by atoms with Crippen molar-refractivity contribution >= 4 is 11.7 Å². The fourth-order valence-corrected chi connectivity index (χ4v) is 3.70. The lowest BCUT2D eigenvalue weighted by molar-refractivity contribution is -0.106. The van der Waals surface area contributed by atoms with E-state index in [9.17, 15) is 9.18 Å². The average molecular weight is 441 g/mol. The van der Waals surface area contributed by atoms with Crippen LogP contribution in [-0.4, -0.2) is 51.9 Å². The van der Waals surface area contributed by atoms with Gasteiger partial charge >= 0.3 is 6.03 Å². The molecule has 0 spiro atoms. The summed E-state index contributed by atoms with van der Waals surface area (Å²) in [5.74, 6) is 2.52. The second-order valence-corrected chi connectivity index (χ2v) is 7.97. The van der Waals surface area contributed by atoms with Gasteiger partial charge in [-0.05, 0) is 35.4 Å². The van der Waals surface area contributed by atoms with E-state index in [0.29, 0.717) is 37.4 Å². The molecule has 1 fully saturated rings. The van der Waals surface area contributed by atoms with Crippen molar-refractivity contribution in [2.75, 3.05) is 45.9 Å². The van der Waals surface area contributed by atoms with Gasteiger partial charge in [0.25, 0.3) is 0 Å². The Morgan fingerprint density at radius 3 is 2.47 bits per heavy atom. The van der Waals surface area contributed by atoms with Crippen molar-refractivity contribution in [3.63, 3.8) is 0 Å². The number of terminal acetylenes is 1. The Kier molecular flexibility index (Phi) is 7.73. The van der Waals surface area contributed by atoms with Gasteiger partial charge < -0.3 is 19.1 Å². The van der Waals surface area contributed by atoms with Crippen LogP contribution in [0.1, 0.15) is 24.0 Å². The maximum Gasteiger partial charge on any atom is 0.323 e. The van der Waals surface area contributed by atoms with Crippen LogP contribution in [0.5, 0.6) is 5.75 Å². The van der Waals surface area contributed by atoms with Crippen LogP contribution in [0.4, 0.5) is 14.9 Å². The quantitative estimate of drug-likeness (QED) is 0.606. The highest BCUT2D eigenvalue weighted by Gasteiger charge is 2.36. The molecule has 3 rings (SSSR count). The number of nitrogens with zero attached hydrogens (tertiary/aromatic N) is 2. The second kappa shape index (κ2) is 10.5. The molecule has 2 aromatic rings. The summed E-state index contributed by atoms with van der Waals surface area (Å²) in [6.45, 7) is 1.45. The van der Waals surface area contributed by atoms with Crippen LogP contribution >= 0.6 is 0 Å². The van der Waals surface area contributed by atoms with E-state index in [1.807, 2.05) is 30.3 Å². The minimum atomic E-state index is -0.684. The maximum atomic E-state index is 14.4. The van der Waals surface area contributed by atoms with Gasteiger partial charge in [-0.1, -0.05) is 18.1 Å². The van der Waals surface area contributed by atoms with Gasteiger partial charge in [0.05, 0.1) is 5.60 Å². The number of hydrogen-bond acceptors (Lipinski definition) is 4. The molecule has 1 heterocycles. The first-order valence-electron chi connectivity index (χ1n) is 10.5. The molecule has 1 saturated heterocycles. The summed E-state index contributed by atoms with van der Waals surface area (Å²) in [4.78, 5) is 15.2. The van der Waals surface area contributed by atoms with Crippen LogP contribution in [-0.2, 0) is 21.7 Å². The van der Waals surface area contributed by atoms with E-state index in [1.165, 1.54) is 17.0 Å². The van der Waals surface area contributed by atoms with Crippen molar-refractivity contribution in [3.05, 3.63) is 59.4 Å². The Labute approximate surface area is 188 Å². The summed E-state index contributed by atoms with van der Waals surface area (Å²) in [5.41, 5.74) is 1.68. The van der Waals surface area contributed by atoms with E-state index in [4.69, 9.17) is 20.6 Å². The van der Waals surface area contributed by atoms with E-state index in [-0.39, 0.29) is 19.2 Å². The third-order valence-electron chi connectivity index (χ3n) is 5.53. The van der Waals surface area contributed by atoms with E-state index in [1.54, 1.807) is 26.0 Å². The van der Waals surface area contributed by atoms with Gasteiger partial charge in [-0.2, -0.15) is 0 Å². The van der Waals surface area contributed by atoms with E-state index in [0.717, 1.165) is 11.3 Å². The van der Waals surface area contributed by atoms with Gasteiger partial charge in [-0.25, -0.2) is 9.18 Å². The highest BCUT2D eigenvalue weighted by molar-refractivity contribution is 5.91. The van der Waals surface area contributed by atoms with Crippen LogP contribution in [0.2, 0.25) is 0 Å². The smallest absolute Gasteiger partial charge is 0.323 e. The van der Waals surface area contributed by atoms with Gasteiger partial charge in [0.1, 0.15) is 24.8 Å². The lowest BCUT2D eigenvalue weighted by Gasteiger charge is -2.37. The summed E-state index contributed by atoms with van der Waals surface area (Å²) >= 11 is 0. The zero-order valence-corrected chi connectivity index (χ0v) is 18.8. The number of hydrogen-bond donors (Lipinski definition) is 0. The van der Waals surface area contributed by atoms with Crippen molar-refractivity contribution < 1.29 is 23.4 Å². The molecular formula is C25H29FN2O4. The number of halogens is 1. The summed E-state index contributed by atoms with van der Waals surface area (Å²) in [5, 5.41) is 0. The SMILES string of the molecule is C#CCOC1(c2cc(F)cc(OCc3ccc(N(C)C(=O)N(C)C)cc3)c2)CCOCC1. The molecule has 0 atom stereocenters. The van der Waals surface area contributed by atoms with Gasteiger partial charge in [0, 0.05) is 59.0 Å². The molecule has 0 aromatic heterocycles. The average Bonchev–Trinajstić information content (AvgIpc) is 2.81. The summed E-state index contributed by atoms with van der Waals surface area (Å²) in [6.07, 6.45) is 6.58. The third kappa shape index (κ3) is 5.58. The molecule has 2 aromatic carbocycles. The van der Waals surface area contributed by atoms with Crippen LogP contribution in [0, 0.1) is 18.2 Å². The Morgan fingerprint density at radius 2 is 1.84 bits per heavy atom. The van der Waals surface area contributed by atoms with Crippen molar-refractivity contribution in [2.45, 2.75) is 25.0 Å². The number of carbonyl (C=O) groups is 1. The minimum absolute atomic E-state index is 0.115. The molecule has 0 bridgehead atoms. The summed E-state index contributed by atoms with van der Waals surface area (Å²) in [7, 11) is 5.13. The van der Waals surface area contributed by atoms with Crippen molar-refractivity contribution in [2.24, 2.45) is 0 Å². The molecule has 0 aliphatic carbocycles. The number of amides is 2. The largest absolute Gasteiger partial charge is 0.489 e. The number of anilines is 1. The number of benzene rings is 2. The van der Waals surface area contributed by atoms with E-state index >= 15 is 0 Å². The van der Waals surface area contributed by atoms with E-state index in [2.05, 4.69) is 5.92 Å². The molecule has 0 unspecified atom stereocenters. The predicted octanol–water partition coefficient (Wildman–Crippen LogP) is 4.18. The zero-order chi connectivity index (χ0) is 23.1. The number of ether oxygens (including phenoxy) is 3. The Hall–Kier alpha value is -3.08. The Balaban J connectivity index is 1.72. The minimum Gasteiger partial charge on any atom is -0.489 e. The van der Waals surface area contributed by atoms with Gasteiger partial charge in [0.15, 0.2) is 0 Å². The van der Waals surface area contributed by atoms with Crippen molar-refractivity contribution in [1.29, 1.82) is 0 Å². The molecule has 2 amide bonds. The second-order valence-electron chi connectivity index (χ2n) is 7.97. The summed E-state index contributed by atoms with van der Waals surface area (Å²) in [6, 6.07) is 12.0. The Morgan fingerprint density at radius 1 is 1.16 bits per heavy atom. The molecule has 6 nitrogen and oxygen atoms in total. The zero-order valence-electron chi connectivity index (χ0n) is 18.8. The first kappa shape index (κ1) is 23.6. The predicted molar refractivity (Wildman–Crippen MR) is 121 cm³/mol. The monoisotopic (exact) mass is 440 g/mol. The third-order valence-corrected chi connectivity index (χ3v) is 5.53. The Bertz CT molecular complexity index is 963. The molecular weight excluding hydrogens is 411 g/mol. The standard InChI is InChI=1S/C25H29FN2O4/c1-5-12-32-25(10-13-30-14-11-25)20-15-21(26)17-23(16-20)31-18-19-6-8-22(9-7-19)28(4)24(29)27(2)3/h1,6-9,15-17H,10-14,18H2,2-4H3. The highest BCUT2D eigenvalue weighted by atomic mass is 19.1. The molecule has 1 aliphatic rings. The fourth-order valence-electron chi connectivity index (χ4n) is 3.70. The summed E-state index contributed by atoms with van der Waals surface area (Å²) < 4.78 is 31.8. The van der Waals surface area contributed by atoms with Crippen LogP contribution in [0.25, 0.3) is 0 Å². The normalized spacial score (nSPS) is 15.0. The molecule has 32 heavy (non-hydrogen) atoms.